The molecule has 0 amide bonds. The van der Waals surface area contributed by atoms with Crippen molar-refractivity contribution in [3.05, 3.63) is 57.8 Å². The van der Waals surface area contributed by atoms with Crippen LogP contribution in [-0.4, -0.2) is 6.61 Å². The first-order chi connectivity index (χ1) is 10.1. The molecule has 2 aromatic rings. The Morgan fingerprint density at radius 1 is 1.24 bits per heavy atom. The van der Waals surface area contributed by atoms with Gasteiger partial charge in [-0.25, -0.2) is 4.39 Å². The highest BCUT2D eigenvalue weighted by Crippen LogP contribution is 2.24. The van der Waals surface area contributed by atoms with E-state index in [4.69, 9.17) is 4.74 Å². The molecule has 0 heterocycles. The van der Waals surface area contributed by atoms with Crippen molar-refractivity contribution >= 4 is 21.6 Å². The zero-order chi connectivity index (χ0) is 15.2. The highest BCUT2D eigenvalue weighted by atomic mass is 79.9. The van der Waals surface area contributed by atoms with Gasteiger partial charge in [0.25, 0.3) is 0 Å². The van der Waals surface area contributed by atoms with Gasteiger partial charge in [0.2, 0.25) is 0 Å². The molecular weight excluding hydrogens is 333 g/mol. The molecule has 0 atom stereocenters. The number of benzene rings is 2. The first-order valence-electron chi connectivity index (χ1n) is 7.01. The fourth-order valence-electron chi connectivity index (χ4n) is 2.00. The van der Waals surface area contributed by atoms with Crippen LogP contribution in [0.25, 0.3) is 0 Å². The Morgan fingerprint density at radius 3 is 2.81 bits per heavy atom. The van der Waals surface area contributed by atoms with Crippen LogP contribution in [0.1, 0.15) is 24.5 Å². The number of hydrogen-bond donors (Lipinski definition) is 1. The van der Waals surface area contributed by atoms with Gasteiger partial charge in [0.05, 0.1) is 11.1 Å². The topological polar surface area (TPSA) is 21.3 Å². The zero-order valence-corrected chi connectivity index (χ0v) is 13.8. The van der Waals surface area contributed by atoms with Crippen molar-refractivity contribution in [1.29, 1.82) is 0 Å². The van der Waals surface area contributed by atoms with Crippen LogP contribution in [0.15, 0.2) is 40.9 Å². The maximum absolute atomic E-state index is 13.6. The SMILES string of the molecule is CCCOc1cccc(CNc2cc(F)c(Br)cc2C)c1. The lowest BCUT2D eigenvalue weighted by Gasteiger charge is -2.12. The molecule has 0 bridgehead atoms. The summed E-state index contributed by atoms with van der Waals surface area (Å²) in [5, 5.41) is 3.26. The van der Waals surface area contributed by atoms with Crippen LogP contribution >= 0.6 is 15.9 Å². The van der Waals surface area contributed by atoms with E-state index in [1.165, 1.54) is 6.07 Å². The van der Waals surface area contributed by atoms with Gasteiger partial charge < -0.3 is 10.1 Å². The summed E-state index contributed by atoms with van der Waals surface area (Å²) in [6.07, 6.45) is 0.986. The van der Waals surface area contributed by atoms with Crippen molar-refractivity contribution < 1.29 is 9.13 Å². The first kappa shape index (κ1) is 15.8. The monoisotopic (exact) mass is 351 g/mol. The van der Waals surface area contributed by atoms with Crippen LogP contribution in [0.2, 0.25) is 0 Å². The minimum Gasteiger partial charge on any atom is -0.494 e. The Kier molecular flexibility index (Phi) is 5.62. The minimum atomic E-state index is -0.261. The average Bonchev–Trinajstić information content (AvgIpc) is 2.48. The van der Waals surface area contributed by atoms with Gasteiger partial charge in [0, 0.05) is 12.2 Å². The summed E-state index contributed by atoms with van der Waals surface area (Å²) in [6, 6.07) is 11.2. The molecule has 0 aliphatic carbocycles. The van der Waals surface area contributed by atoms with Gasteiger partial charge >= 0.3 is 0 Å². The fourth-order valence-corrected chi connectivity index (χ4v) is 2.46. The van der Waals surface area contributed by atoms with E-state index < -0.39 is 0 Å². The molecule has 0 radical (unpaired) electrons. The zero-order valence-electron chi connectivity index (χ0n) is 12.2. The number of aryl methyl sites for hydroxylation is 1. The molecule has 0 aromatic heterocycles. The molecule has 2 aromatic carbocycles. The van der Waals surface area contributed by atoms with E-state index >= 15 is 0 Å². The van der Waals surface area contributed by atoms with Crippen LogP contribution in [0, 0.1) is 12.7 Å². The molecule has 0 fully saturated rings. The standard InChI is InChI=1S/C17H19BrFNO/c1-3-7-21-14-6-4-5-13(9-14)11-20-17-10-16(19)15(18)8-12(17)2/h4-6,8-10,20H,3,7,11H2,1-2H3. The molecule has 0 aliphatic rings. The molecule has 4 heteroatoms. The molecule has 0 aliphatic heterocycles. The van der Waals surface area contributed by atoms with Crippen molar-refractivity contribution in [2.24, 2.45) is 0 Å². The second-order valence-electron chi connectivity index (χ2n) is 4.93. The Balaban J connectivity index is 2.04. The second kappa shape index (κ2) is 7.46. The Bertz CT molecular complexity index is 616. The number of nitrogens with one attached hydrogen (secondary N) is 1. The Labute approximate surface area is 133 Å². The maximum atomic E-state index is 13.6. The Hall–Kier alpha value is -1.55. The number of ether oxygens (including phenoxy) is 1. The van der Waals surface area contributed by atoms with Crippen molar-refractivity contribution in [3.8, 4) is 5.75 Å². The van der Waals surface area contributed by atoms with Crippen LogP contribution in [0.3, 0.4) is 0 Å². The van der Waals surface area contributed by atoms with Crippen LogP contribution < -0.4 is 10.1 Å². The lowest BCUT2D eigenvalue weighted by molar-refractivity contribution is 0.317. The third-order valence-electron chi connectivity index (χ3n) is 3.12. The van der Waals surface area contributed by atoms with Gasteiger partial charge in [-0.2, -0.15) is 0 Å². The van der Waals surface area contributed by atoms with Crippen molar-refractivity contribution in [3.63, 3.8) is 0 Å². The normalized spacial score (nSPS) is 10.5. The van der Waals surface area contributed by atoms with Gasteiger partial charge in [-0.05, 0) is 64.7 Å². The van der Waals surface area contributed by atoms with Gasteiger partial charge in [0.15, 0.2) is 0 Å². The van der Waals surface area contributed by atoms with E-state index in [1.807, 2.05) is 31.2 Å². The molecule has 2 nitrogen and oxygen atoms in total. The molecule has 1 N–H and O–H groups in total. The van der Waals surface area contributed by atoms with Crippen LogP contribution in [0.5, 0.6) is 5.75 Å². The van der Waals surface area contributed by atoms with Gasteiger partial charge in [-0.3, -0.25) is 0 Å². The minimum absolute atomic E-state index is 0.261. The van der Waals surface area contributed by atoms with E-state index in [-0.39, 0.29) is 5.82 Å². The lowest BCUT2D eigenvalue weighted by atomic mass is 10.1. The smallest absolute Gasteiger partial charge is 0.139 e. The highest BCUT2D eigenvalue weighted by molar-refractivity contribution is 9.10. The van der Waals surface area contributed by atoms with Gasteiger partial charge in [0.1, 0.15) is 11.6 Å². The van der Waals surface area contributed by atoms with Crippen LogP contribution in [0.4, 0.5) is 10.1 Å². The second-order valence-corrected chi connectivity index (χ2v) is 5.78. The number of rotatable bonds is 6. The number of anilines is 1. The number of halogens is 2. The summed E-state index contributed by atoms with van der Waals surface area (Å²) in [7, 11) is 0. The predicted octanol–water partition coefficient (Wildman–Crippen LogP) is 5.30. The predicted molar refractivity (Wildman–Crippen MR) is 88.4 cm³/mol. The average molecular weight is 352 g/mol. The summed E-state index contributed by atoms with van der Waals surface area (Å²) in [5.74, 6) is 0.609. The number of hydrogen-bond acceptors (Lipinski definition) is 2. The van der Waals surface area contributed by atoms with Crippen LogP contribution in [-0.2, 0) is 6.54 Å². The molecule has 0 unspecified atom stereocenters. The maximum Gasteiger partial charge on any atom is 0.139 e. The van der Waals surface area contributed by atoms with E-state index in [2.05, 4.69) is 28.2 Å². The molecular formula is C17H19BrFNO. The third-order valence-corrected chi connectivity index (χ3v) is 3.73. The molecule has 21 heavy (non-hydrogen) atoms. The quantitative estimate of drug-likeness (QED) is 0.762. The molecule has 112 valence electrons. The van der Waals surface area contributed by atoms with E-state index in [9.17, 15) is 4.39 Å². The molecule has 0 spiro atoms. The summed E-state index contributed by atoms with van der Waals surface area (Å²) < 4.78 is 19.7. The van der Waals surface area contributed by atoms with E-state index in [1.54, 1.807) is 6.07 Å². The van der Waals surface area contributed by atoms with Gasteiger partial charge in [-0.15, -0.1) is 0 Å². The van der Waals surface area contributed by atoms with E-state index in [0.29, 0.717) is 17.6 Å². The summed E-state index contributed by atoms with van der Waals surface area (Å²) >= 11 is 3.19. The van der Waals surface area contributed by atoms with Crippen molar-refractivity contribution in [2.45, 2.75) is 26.8 Å². The Morgan fingerprint density at radius 2 is 2.05 bits per heavy atom. The molecule has 0 saturated heterocycles. The van der Waals surface area contributed by atoms with Gasteiger partial charge in [-0.1, -0.05) is 19.1 Å². The molecule has 2 rings (SSSR count). The van der Waals surface area contributed by atoms with E-state index in [0.717, 1.165) is 29.0 Å². The fraction of sp³-hybridized carbons (Fsp3) is 0.294. The molecule has 0 saturated carbocycles. The summed E-state index contributed by atoms with van der Waals surface area (Å²) in [4.78, 5) is 0. The summed E-state index contributed by atoms with van der Waals surface area (Å²) in [6.45, 7) is 5.38. The first-order valence-corrected chi connectivity index (χ1v) is 7.80. The third kappa shape index (κ3) is 4.46. The highest BCUT2D eigenvalue weighted by Gasteiger charge is 2.05. The van der Waals surface area contributed by atoms with Crippen molar-refractivity contribution in [2.75, 3.05) is 11.9 Å². The summed E-state index contributed by atoms with van der Waals surface area (Å²) in [5.41, 5.74) is 2.91. The lowest BCUT2D eigenvalue weighted by Crippen LogP contribution is -2.02. The van der Waals surface area contributed by atoms with Crippen molar-refractivity contribution in [1.82, 2.24) is 0 Å². The largest absolute Gasteiger partial charge is 0.494 e.